The highest BCUT2D eigenvalue weighted by Gasteiger charge is 2.03. The Hall–Kier alpha value is -2.08. The molecule has 2 aromatic rings. The summed E-state index contributed by atoms with van der Waals surface area (Å²) in [6, 6.07) is 9.14. The molecule has 0 radical (unpaired) electrons. The van der Waals surface area contributed by atoms with Crippen LogP contribution in [0.25, 0.3) is 5.52 Å². The third-order valence-electron chi connectivity index (χ3n) is 2.18. The topological polar surface area (TPSA) is 45.3 Å². The van der Waals surface area contributed by atoms with Crippen LogP contribution in [0.5, 0.6) is 0 Å². The van der Waals surface area contributed by atoms with Gasteiger partial charge in [-0.15, -0.1) is 0 Å². The monoisotopic (exact) mass is 184 g/mol. The van der Waals surface area contributed by atoms with Gasteiger partial charge in [-0.25, -0.2) is 0 Å². The van der Waals surface area contributed by atoms with E-state index in [1.54, 1.807) is 28.8 Å². The standard InChI is InChI=1S/C11H8N2O/c1-8(14)9-4-5-13-10(6-9)2-3-11(13)7-12/h2-6H,1H3. The Morgan fingerprint density at radius 3 is 2.86 bits per heavy atom. The maximum atomic E-state index is 11.1. The highest BCUT2D eigenvalue weighted by Crippen LogP contribution is 2.12. The minimum absolute atomic E-state index is 0.0345. The van der Waals surface area contributed by atoms with Crippen molar-refractivity contribution in [3.8, 4) is 6.07 Å². The lowest BCUT2D eigenvalue weighted by Gasteiger charge is -1.98. The van der Waals surface area contributed by atoms with Crippen molar-refractivity contribution in [1.29, 1.82) is 5.26 Å². The van der Waals surface area contributed by atoms with Crippen LogP contribution in [0.2, 0.25) is 0 Å². The normalized spacial score (nSPS) is 10.0. The molecule has 0 atom stereocenters. The molecule has 0 saturated carbocycles. The van der Waals surface area contributed by atoms with Gasteiger partial charge in [0.05, 0.1) is 0 Å². The predicted molar refractivity (Wildman–Crippen MR) is 52.1 cm³/mol. The fourth-order valence-corrected chi connectivity index (χ4v) is 1.42. The summed E-state index contributed by atoms with van der Waals surface area (Å²) in [6.07, 6.45) is 1.74. The number of Topliss-reactive ketones (excluding diaryl/α,β-unsaturated/α-hetero) is 1. The van der Waals surface area contributed by atoms with Crippen molar-refractivity contribution >= 4 is 11.3 Å². The molecule has 2 rings (SSSR count). The number of carbonyl (C=O) groups is 1. The van der Waals surface area contributed by atoms with Crippen molar-refractivity contribution in [3.05, 3.63) is 41.7 Å². The molecule has 0 aromatic carbocycles. The number of ketones is 1. The quantitative estimate of drug-likeness (QED) is 0.636. The van der Waals surface area contributed by atoms with E-state index in [1.807, 2.05) is 6.07 Å². The number of fused-ring (bicyclic) bond motifs is 1. The van der Waals surface area contributed by atoms with Crippen LogP contribution in [0.3, 0.4) is 0 Å². The van der Waals surface area contributed by atoms with Crippen LogP contribution in [0, 0.1) is 11.3 Å². The minimum atomic E-state index is 0.0345. The number of hydrogen-bond acceptors (Lipinski definition) is 2. The first-order chi connectivity index (χ1) is 6.72. The van der Waals surface area contributed by atoms with Crippen LogP contribution in [0.1, 0.15) is 23.0 Å². The first-order valence-corrected chi connectivity index (χ1v) is 4.24. The number of nitrogens with zero attached hydrogens (tertiary/aromatic N) is 2. The molecule has 0 aliphatic carbocycles. The van der Waals surface area contributed by atoms with Gasteiger partial charge in [0.15, 0.2) is 5.78 Å². The molecule has 0 unspecified atom stereocenters. The lowest BCUT2D eigenvalue weighted by atomic mass is 10.2. The molecule has 0 bridgehead atoms. The molecule has 0 spiro atoms. The zero-order chi connectivity index (χ0) is 10.1. The molecule has 0 amide bonds. The second-order valence-electron chi connectivity index (χ2n) is 3.10. The maximum absolute atomic E-state index is 11.1. The maximum Gasteiger partial charge on any atom is 0.159 e. The Balaban J connectivity index is 2.70. The minimum Gasteiger partial charge on any atom is -0.308 e. The third-order valence-corrected chi connectivity index (χ3v) is 2.18. The lowest BCUT2D eigenvalue weighted by molar-refractivity contribution is 0.101. The van der Waals surface area contributed by atoms with Gasteiger partial charge < -0.3 is 4.40 Å². The number of hydrogen-bond donors (Lipinski definition) is 0. The summed E-state index contributed by atoms with van der Waals surface area (Å²) >= 11 is 0. The number of rotatable bonds is 1. The molecule has 14 heavy (non-hydrogen) atoms. The predicted octanol–water partition coefficient (Wildman–Crippen LogP) is 2.01. The summed E-state index contributed by atoms with van der Waals surface area (Å²) in [4.78, 5) is 11.1. The van der Waals surface area contributed by atoms with Crippen LogP contribution < -0.4 is 0 Å². The van der Waals surface area contributed by atoms with Gasteiger partial charge in [0.2, 0.25) is 0 Å². The van der Waals surface area contributed by atoms with Crippen molar-refractivity contribution in [3.63, 3.8) is 0 Å². The Kier molecular flexibility index (Phi) is 1.83. The molecular weight excluding hydrogens is 176 g/mol. The smallest absolute Gasteiger partial charge is 0.159 e. The van der Waals surface area contributed by atoms with Gasteiger partial charge in [0, 0.05) is 17.3 Å². The van der Waals surface area contributed by atoms with Crippen LogP contribution >= 0.6 is 0 Å². The average molecular weight is 184 g/mol. The molecule has 0 fully saturated rings. The first kappa shape index (κ1) is 8.52. The van der Waals surface area contributed by atoms with Gasteiger partial charge in [-0.05, 0) is 31.2 Å². The summed E-state index contributed by atoms with van der Waals surface area (Å²) in [5.74, 6) is 0.0345. The molecule has 0 saturated heterocycles. The van der Waals surface area contributed by atoms with Gasteiger partial charge >= 0.3 is 0 Å². The number of carbonyl (C=O) groups excluding carboxylic acids is 1. The largest absolute Gasteiger partial charge is 0.308 e. The summed E-state index contributed by atoms with van der Waals surface area (Å²) in [6.45, 7) is 1.53. The summed E-state index contributed by atoms with van der Waals surface area (Å²) in [5, 5.41) is 8.77. The third kappa shape index (κ3) is 1.17. The molecule has 3 nitrogen and oxygen atoms in total. The average Bonchev–Trinajstić information content (AvgIpc) is 2.59. The fraction of sp³-hybridized carbons (Fsp3) is 0.0909. The van der Waals surface area contributed by atoms with E-state index in [0.717, 1.165) is 5.52 Å². The molecule has 0 aliphatic heterocycles. The molecule has 2 heterocycles. The van der Waals surface area contributed by atoms with Crippen molar-refractivity contribution < 1.29 is 4.79 Å². The Bertz CT molecular complexity index is 546. The fourth-order valence-electron chi connectivity index (χ4n) is 1.42. The van der Waals surface area contributed by atoms with Gasteiger partial charge in [0.1, 0.15) is 11.8 Å². The van der Waals surface area contributed by atoms with Crippen LogP contribution in [-0.2, 0) is 0 Å². The summed E-state index contributed by atoms with van der Waals surface area (Å²) in [5.41, 5.74) is 2.12. The highest BCUT2D eigenvalue weighted by atomic mass is 16.1. The summed E-state index contributed by atoms with van der Waals surface area (Å²) in [7, 11) is 0. The van der Waals surface area contributed by atoms with E-state index >= 15 is 0 Å². The van der Waals surface area contributed by atoms with Crippen molar-refractivity contribution in [2.45, 2.75) is 6.92 Å². The second-order valence-corrected chi connectivity index (χ2v) is 3.10. The lowest BCUT2D eigenvalue weighted by Crippen LogP contribution is -1.94. The highest BCUT2D eigenvalue weighted by molar-refractivity contribution is 5.95. The molecule has 3 heteroatoms. The van der Waals surface area contributed by atoms with E-state index in [-0.39, 0.29) is 5.78 Å². The van der Waals surface area contributed by atoms with Crippen LogP contribution in [-0.4, -0.2) is 10.2 Å². The van der Waals surface area contributed by atoms with Gasteiger partial charge in [-0.3, -0.25) is 4.79 Å². The van der Waals surface area contributed by atoms with Crippen molar-refractivity contribution in [2.75, 3.05) is 0 Å². The van der Waals surface area contributed by atoms with E-state index in [2.05, 4.69) is 6.07 Å². The zero-order valence-corrected chi connectivity index (χ0v) is 7.69. The molecule has 68 valence electrons. The van der Waals surface area contributed by atoms with E-state index < -0.39 is 0 Å². The summed E-state index contributed by atoms with van der Waals surface area (Å²) < 4.78 is 1.76. The van der Waals surface area contributed by atoms with Gasteiger partial charge in [0.25, 0.3) is 0 Å². The van der Waals surface area contributed by atoms with Gasteiger partial charge in [-0.2, -0.15) is 5.26 Å². The molecule has 0 aliphatic rings. The van der Waals surface area contributed by atoms with E-state index in [4.69, 9.17) is 5.26 Å². The second kappa shape index (κ2) is 3.00. The van der Waals surface area contributed by atoms with Crippen molar-refractivity contribution in [1.82, 2.24) is 4.40 Å². The van der Waals surface area contributed by atoms with Crippen molar-refractivity contribution in [2.24, 2.45) is 0 Å². The molecule has 2 aromatic heterocycles. The van der Waals surface area contributed by atoms with E-state index in [0.29, 0.717) is 11.3 Å². The van der Waals surface area contributed by atoms with Crippen LogP contribution in [0.15, 0.2) is 30.5 Å². The first-order valence-electron chi connectivity index (χ1n) is 4.24. The molecular formula is C11H8N2O. The number of pyridine rings is 1. The zero-order valence-electron chi connectivity index (χ0n) is 7.69. The molecule has 0 N–H and O–H groups in total. The Morgan fingerprint density at radius 2 is 2.21 bits per heavy atom. The van der Waals surface area contributed by atoms with E-state index in [9.17, 15) is 4.79 Å². The van der Waals surface area contributed by atoms with E-state index in [1.165, 1.54) is 6.92 Å². The van der Waals surface area contributed by atoms with Crippen LogP contribution in [0.4, 0.5) is 0 Å². The Morgan fingerprint density at radius 1 is 1.43 bits per heavy atom. The SMILES string of the molecule is CC(=O)c1ccn2c(C#N)ccc2c1. The number of nitriles is 1. The number of aromatic nitrogens is 1. The van der Waals surface area contributed by atoms with Gasteiger partial charge in [-0.1, -0.05) is 0 Å². The Labute approximate surface area is 81.2 Å².